The van der Waals surface area contributed by atoms with E-state index in [0.29, 0.717) is 5.56 Å². The number of halogens is 2. The van der Waals surface area contributed by atoms with Crippen molar-refractivity contribution in [1.82, 2.24) is 0 Å². The lowest BCUT2D eigenvalue weighted by Crippen LogP contribution is -1.95. The summed E-state index contributed by atoms with van der Waals surface area (Å²) in [6, 6.07) is 15.7. The van der Waals surface area contributed by atoms with Gasteiger partial charge in [-0.15, -0.1) is 0 Å². The molecule has 0 spiro atoms. The van der Waals surface area contributed by atoms with Gasteiger partial charge >= 0.3 is 0 Å². The highest BCUT2D eigenvalue weighted by molar-refractivity contribution is 5.78. The van der Waals surface area contributed by atoms with Crippen molar-refractivity contribution in [2.45, 2.75) is 13.0 Å². The summed E-state index contributed by atoms with van der Waals surface area (Å²) in [5.74, 6) is 0. The first kappa shape index (κ1) is 13.2. The molecule has 2 aromatic carbocycles. The quantitative estimate of drug-likeness (QED) is 0.584. The monoisotopic (exact) mass is 261 g/mol. The third-order valence-corrected chi connectivity index (χ3v) is 2.59. The first-order valence-electron chi connectivity index (χ1n) is 5.83. The molecule has 0 heterocycles. The predicted octanol–water partition coefficient (Wildman–Crippen LogP) is 4.17. The van der Waals surface area contributed by atoms with Crippen molar-refractivity contribution in [3.05, 3.63) is 71.3 Å². The SMILES string of the molecule is FC(F)c1ccccc1CON=Cc1ccccc1. The number of oxime groups is 1. The van der Waals surface area contributed by atoms with Crippen molar-refractivity contribution in [2.75, 3.05) is 0 Å². The van der Waals surface area contributed by atoms with Gasteiger partial charge in [-0.2, -0.15) is 0 Å². The maximum absolute atomic E-state index is 12.7. The highest BCUT2D eigenvalue weighted by atomic mass is 19.3. The number of alkyl halides is 2. The molecule has 0 atom stereocenters. The fourth-order valence-corrected chi connectivity index (χ4v) is 1.62. The van der Waals surface area contributed by atoms with Crippen molar-refractivity contribution in [2.24, 2.45) is 5.16 Å². The van der Waals surface area contributed by atoms with Gasteiger partial charge in [-0.05, 0) is 5.56 Å². The molecule has 0 aliphatic rings. The number of nitrogens with zero attached hydrogens (tertiary/aromatic N) is 1. The van der Waals surface area contributed by atoms with E-state index in [1.54, 1.807) is 24.4 Å². The van der Waals surface area contributed by atoms with Crippen molar-refractivity contribution < 1.29 is 13.6 Å². The molecule has 19 heavy (non-hydrogen) atoms. The Hall–Kier alpha value is -2.23. The molecule has 0 N–H and O–H groups in total. The summed E-state index contributed by atoms with van der Waals surface area (Å²) in [6.45, 7) is 0.0316. The van der Waals surface area contributed by atoms with Crippen LogP contribution in [0.15, 0.2) is 59.8 Å². The summed E-state index contributed by atoms with van der Waals surface area (Å²) in [4.78, 5) is 5.05. The molecule has 2 rings (SSSR count). The van der Waals surface area contributed by atoms with Gasteiger partial charge in [-0.1, -0.05) is 59.8 Å². The van der Waals surface area contributed by atoms with Crippen LogP contribution in [-0.2, 0) is 11.4 Å². The van der Waals surface area contributed by atoms with Crippen LogP contribution in [0.1, 0.15) is 23.1 Å². The van der Waals surface area contributed by atoms with Crippen molar-refractivity contribution >= 4 is 6.21 Å². The Morgan fingerprint density at radius 2 is 1.68 bits per heavy atom. The van der Waals surface area contributed by atoms with Crippen LogP contribution in [0.3, 0.4) is 0 Å². The van der Waals surface area contributed by atoms with Gasteiger partial charge in [0.25, 0.3) is 6.43 Å². The number of rotatable bonds is 5. The van der Waals surface area contributed by atoms with Gasteiger partial charge in [0.1, 0.15) is 6.61 Å². The van der Waals surface area contributed by atoms with E-state index in [9.17, 15) is 8.78 Å². The van der Waals surface area contributed by atoms with Crippen molar-refractivity contribution in [3.63, 3.8) is 0 Å². The lowest BCUT2D eigenvalue weighted by Gasteiger charge is -2.06. The molecular weight excluding hydrogens is 248 g/mol. The Morgan fingerprint density at radius 1 is 1.00 bits per heavy atom. The van der Waals surface area contributed by atoms with Crippen LogP contribution in [0.5, 0.6) is 0 Å². The minimum Gasteiger partial charge on any atom is -0.391 e. The second-order valence-electron chi connectivity index (χ2n) is 3.92. The average Bonchev–Trinajstić information content (AvgIpc) is 2.45. The molecule has 2 nitrogen and oxygen atoms in total. The molecule has 0 aliphatic heterocycles. The van der Waals surface area contributed by atoms with E-state index >= 15 is 0 Å². The topological polar surface area (TPSA) is 21.6 Å². The van der Waals surface area contributed by atoms with E-state index in [1.807, 2.05) is 30.3 Å². The van der Waals surface area contributed by atoms with Crippen LogP contribution in [0.25, 0.3) is 0 Å². The third-order valence-electron chi connectivity index (χ3n) is 2.59. The molecule has 0 saturated heterocycles. The highest BCUT2D eigenvalue weighted by Gasteiger charge is 2.11. The normalized spacial score (nSPS) is 11.1. The zero-order valence-electron chi connectivity index (χ0n) is 10.2. The van der Waals surface area contributed by atoms with Gasteiger partial charge in [0, 0.05) is 11.1 Å². The Labute approximate surface area is 110 Å². The molecule has 0 aliphatic carbocycles. The predicted molar refractivity (Wildman–Crippen MR) is 70.2 cm³/mol. The Bertz CT molecular complexity index is 541. The maximum Gasteiger partial charge on any atom is 0.264 e. The lowest BCUT2D eigenvalue weighted by molar-refractivity contribution is 0.120. The largest absolute Gasteiger partial charge is 0.391 e. The van der Waals surface area contributed by atoms with E-state index in [2.05, 4.69) is 5.16 Å². The number of hydrogen-bond acceptors (Lipinski definition) is 2. The fourth-order valence-electron chi connectivity index (χ4n) is 1.62. The maximum atomic E-state index is 12.7. The minimum absolute atomic E-state index is 0.0163. The van der Waals surface area contributed by atoms with Crippen LogP contribution >= 0.6 is 0 Å². The lowest BCUT2D eigenvalue weighted by atomic mass is 10.1. The zero-order chi connectivity index (χ0) is 13.5. The first-order chi connectivity index (χ1) is 9.27. The van der Waals surface area contributed by atoms with E-state index in [4.69, 9.17) is 4.84 Å². The molecule has 0 bridgehead atoms. The van der Waals surface area contributed by atoms with Gasteiger partial charge in [0.2, 0.25) is 0 Å². The molecular formula is C15H13F2NO. The first-order valence-corrected chi connectivity index (χ1v) is 5.83. The summed E-state index contributed by atoms with van der Waals surface area (Å²) in [7, 11) is 0. The number of benzene rings is 2. The molecule has 4 heteroatoms. The van der Waals surface area contributed by atoms with Crippen LogP contribution < -0.4 is 0 Å². The summed E-state index contributed by atoms with van der Waals surface area (Å²) in [6.07, 6.45) is -0.955. The summed E-state index contributed by atoms with van der Waals surface area (Å²) < 4.78 is 25.4. The average molecular weight is 261 g/mol. The van der Waals surface area contributed by atoms with Crippen LogP contribution in [0, 0.1) is 0 Å². The second-order valence-corrected chi connectivity index (χ2v) is 3.92. The van der Waals surface area contributed by atoms with Crippen molar-refractivity contribution in [3.8, 4) is 0 Å². The van der Waals surface area contributed by atoms with E-state index < -0.39 is 6.43 Å². The van der Waals surface area contributed by atoms with Gasteiger partial charge in [0.15, 0.2) is 0 Å². The van der Waals surface area contributed by atoms with Gasteiger partial charge in [0.05, 0.1) is 6.21 Å². The van der Waals surface area contributed by atoms with E-state index in [1.165, 1.54) is 6.07 Å². The summed E-state index contributed by atoms with van der Waals surface area (Å²) in [5.41, 5.74) is 1.32. The Morgan fingerprint density at radius 3 is 2.42 bits per heavy atom. The van der Waals surface area contributed by atoms with Crippen molar-refractivity contribution in [1.29, 1.82) is 0 Å². The second kappa shape index (κ2) is 6.64. The minimum atomic E-state index is -2.50. The van der Waals surface area contributed by atoms with Crippen LogP contribution in [0.4, 0.5) is 8.78 Å². The molecule has 98 valence electrons. The molecule has 0 radical (unpaired) electrons. The third kappa shape index (κ3) is 3.88. The molecule has 0 amide bonds. The van der Waals surface area contributed by atoms with Crippen LogP contribution in [-0.4, -0.2) is 6.21 Å². The summed E-state index contributed by atoms with van der Waals surface area (Å²) in [5, 5.41) is 3.77. The standard InChI is InChI=1S/C15H13F2NO/c16-15(17)14-9-5-4-8-13(14)11-19-18-10-12-6-2-1-3-7-12/h1-10,15H,11H2. The van der Waals surface area contributed by atoms with Crippen LogP contribution in [0.2, 0.25) is 0 Å². The molecule has 0 aromatic heterocycles. The molecule has 0 unspecified atom stereocenters. The molecule has 2 aromatic rings. The van der Waals surface area contributed by atoms with Gasteiger partial charge < -0.3 is 4.84 Å². The van der Waals surface area contributed by atoms with E-state index in [0.717, 1.165) is 5.56 Å². The zero-order valence-corrected chi connectivity index (χ0v) is 10.2. The van der Waals surface area contributed by atoms with E-state index in [-0.39, 0.29) is 12.2 Å². The Kier molecular flexibility index (Phi) is 4.61. The fraction of sp³-hybridized carbons (Fsp3) is 0.133. The number of hydrogen-bond donors (Lipinski definition) is 0. The smallest absolute Gasteiger partial charge is 0.264 e. The van der Waals surface area contributed by atoms with Gasteiger partial charge in [-0.3, -0.25) is 0 Å². The highest BCUT2D eigenvalue weighted by Crippen LogP contribution is 2.23. The Balaban J connectivity index is 1.95. The molecule has 0 fully saturated rings. The summed E-state index contributed by atoms with van der Waals surface area (Å²) >= 11 is 0. The van der Waals surface area contributed by atoms with Gasteiger partial charge in [-0.25, -0.2) is 8.78 Å². The molecule has 0 saturated carbocycles.